The molecule has 1 unspecified atom stereocenters. The van der Waals surface area contributed by atoms with Gasteiger partial charge in [0.25, 0.3) is 0 Å². The molecule has 10 heteroatoms. The van der Waals surface area contributed by atoms with E-state index in [-0.39, 0.29) is 18.1 Å². The van der Waals surface area contributed by atoms with Gasteiger partial charge in [-0.25, -0.2) is 9.69 Å². The number of hydrogen-bond donors (Lipinski definition) is 3. The Balaban J connectivity index is 1.80. The van der Waals surface area contributed by atoms with Gasteiger partial charge in [-0.15, -0.1) is 0 Å². The van der Waals surface area contributed by atoms with Crippen LogP contribution in [0.25, 0.3) is 0 Å². The summed E-state index contributed by atoms with van der Waals surface area (Å²) in [7, 11) is 2.91. The number of carbonyl (C=O) groups is 4. The lowest BCUT2D eigenvalue weighted by atomic mass is 10.0. The average Bonchev–Trinajstić information content (AvgIpc) is 2.73. The molecule has 3 rings (SSSR count). The molecule has 5 amide bonds. The molecule has 1 atom stereocenters. The van der Waals surface area contributed by atoms with E-state index in [4.69, 9.17) is 9.47 Å². The molecular weight excluding hydrogens is 404 g/mol. The molecule has 0 radical (unpaired) electrons. The molecule has 2 aromatic rings. The number of rotatable bonds is 6. The number of urea groups is 1. The van der Waals surface area contributed by atoms with E-state index >= 15 is 0 Å². The summed E-state index contributed by atoms with van der Waals surface area (Å²) in [6.45, 7) is 1.23. The number of carbonyl (C=O) groups excluding carboxylic acids is 4. The first-order chi connectivity index (χ1) is 14.8. The van der Waals surface area contributed by atoms with Crippen molar-refractivity contribution < 1.29 is 28.7 Å². The highest BCUT2D eigenvalue weighted by atomic mass is 16.5. The lowest BCUT2D eigenvalue weighted by Gasteiger charge is -2.31. The summed E-state index contributed by atoms with van der Waals surface area (Å²) in [6, 6.07) is 10.4. The van der Waals surface area contributed by atoms with Crippen molar-refractivity contribution in [2.45, 2.75) is 6.92 Å². The number of benzene rings is 2. The van der Waals surface area contributed by atoms with E-state index in [0.717, 1.165) is 4.90 Å². The fourth-order valence-corrected chi connectivity index (χ4v) is 3.13. The fourth-order valence-electron chi connectivity index (χ4n) is 3.13. The summed E-state index contributed by atoms with van der Waals surface area (Å²) in [5.41, 5.74) is 1.14. The second-order valence-corrected chi connectivity index (χ2v) is 6.70. The average molecular weight is 426 g/mol. The van der Waals surface area contributed by atoms with E-state index in [1.165, 1.54) is 33.3 Å². The summed E-state index contributed by atoms with van der Waals surface area (Å²) >= 11 is 0. The first-order valence-electron chi connectivity index (χ1n) is 9.36. The number of hydrogen-bond acceptors (Lipinski definition) is 6. The van der Waals surface area contributed by atoms with E-state index < -0.39 is 23.8 Å². The van der Waals surface area contributed by atoms with E-state index in [9.17, 15) is 19.2 Å². The molecule has 1 saturated heterocycles. The summed E-state index contributed by atoms with van der Waals surface area (Å²) < 4.78 is 10.4. The van der Waals surface area contributed by atoms with Crippen molar-refractivity contribution in [1.82, 2.24) is 5.32 Å². The van der Waals surface area contributed by atoms with Gasteiger partial charge >= 0.3 is 6.03 Å². The maximum Gasteiger partial charge on any atom is 0.328 e. The third-order valence-electron chi connectivity index (χ3n) is 4.57. The molecule has 0 bridgehead atoms. The molecule has 0 aromatic heterocycles. The van der Waals surface area contributed by atoms with Gasteiger partial charge in [0.2, 0.25) is 17.7 Å². The van der Waals surface area contributed by atoms with Gasteiger partial charge < -0.3 is 25.4 Å². The van der Waals surface area contributed by atoms with Gasteiger partial charge in [0.15, 0.2) is 11.5 Å². The minimum Gasteiger partial charge on any atom is -0.493 e. The van der Waals surface area contributed by atoms with Crippen LogP contribution in [-0.4, -0.2) is 44.5 Å². The van der Waals surface area contributed by atoms with Gasteiger partial charge in [-0.05, 0) is 30.3 Å². The van der Waals surface area contributed by atoms with E-state index in [1.807, 2.05) is 0 Å². The summed E-state index contributed by atoms with van der Waals surface area (Å²) in [6.07, 6.45) is 0. The number of nitrogens with zero attached hydrogens (tertiary/aromatic N) is 1. The summed E-state index contributed by atoms with van der Waals surface area (Å²) in [5, 5.41) is 7.82. The van der Waals surface area contributed by atoms with Crippen molar-refractivity contribution in [2.24, 2.45) is 5.92 Å². The van der Waals surface area contributed by atoms with E-state index in [1.54, 1.807) is 30.3 Å². The van der Waals surface area contributed by atoms with Crippen LogP contribution in [0, 0.1) is 5.92 Å². The highest BCUT2D eigenvalue weighted by Crippen LogP contribution is 2.32. The van der Waals surface area contributed by atoms with Gasteiger partial charge in [-0.3, -0.25) is 14.4 Å². The number of imide groups is 1. The van der Waals surface area contributed by atoms with Gasteiger partial charge in [-0.2, -0.15) is 0 Å². The van der Waals surface area contributed by atoms with Crippen LogP contribution < -0.4 is 30.3 Å². The van der Waals surface area contributed by atoms with Crippen LogP contribution in [0.1, 0.15) is 6.92 Å². The number of methoxy groups -OCH3 is 2. The third kappa shape index (κ3) is 4.74. The smallest absolute Gasteiger partial charge is 0.328 e. The molecule has 0 aliphatic carbocycles. The number of nitrogens with one attached hydrogen (secondary N) is 3. The lowest BCUT2D eigenvalue weighted by molar-refractivity contribution is -0.130. The van der Waals surface area contributed by atoms with Crippen molar-refractivity contribution in [2.75, 3.05) is 36.3 Å². The quantitative estimate of drug-likeness (QED) is 0.607. The van der Waals surface area contributed by atoms with Crippen LogP contribution in [0.15, 0.2) is 42.5 Å². The second kappa shape index (κ2) is 9.16. The number of anilines is 3. The van der Waals surface area contributed by atoms with Crippen molar-refractivity contribution in [3.05, 3.63) is 42.5 Å². The normalized spacial score (nSPS) is 15.7. The van der Waals surface area contributed by atoms with Gasteiger partial charge in [0.05, 0.1) is 19.9 Å². The standard InChI is InChI=1S/C21H22N4O6/c1-12(26)23-13-5-4-6-14(9-13)24-19(27)16-11-22-21(29)25(20(16)28)15-7-8-17(30-2)18(10-15)31-3/h4-10,16H,11H2,1-3H3,(H,22,29)(H,23,26)(H,24,27). The van der Waals surface area contributed by atoms with Crippen molar-refractivity contribution in [3.8, 4) is 11.5 Å². The van der Waals surface area contributed by atoms with Crippen LogP contribution >= 0.6 is 0 Å². The first kappa shape index (κ1) is 21.6. The molecule has 2 aromatic carbocycles. The largest absolute Gasteiger partial charge is 0.493 e. The molecule has 1 aliphatic rings. The number of amides is 5. The Morgan fingerprint density at radius 1 is 1.00 bits per heavy atom. The van der Waals surface area contributed by atoms with Crippen molar-refractivity contribution in [3.63, 3.8) is 0 Å². The Morgan fingerprint density at radius 3 is 2.32 bits per heavy atom. The van der Waals surface area contributed by atoms with Crippen LogP contribution in [0.4, 0.5) is 21.9 Å². The fraction of sp³-hybridized carbons (Fsp3) is 0.238. The van der Waals surface area contributed by atoms with Crippen LogP contribution in [0.2, 0.25) is 0 Å². The van der Waals surface area contributed by atoms with Crippen molar-refractivity contribution in [1.29, 1.82) is 0 Å². The molecular formula is C21H22N4O6. The first-order valence-corrected chi connectivity index (χ1v) is 9.36. The maximum absolute atomic E-state index is 13.0. The molecule has 0 saturated carbocycles. The highest BCUT2D eigenvalue weighted by molar-refractivity contribution is 6.23. The van der Waals surface area contributed by atoms with Gasteiger partial charge in [-0.1, -0.05) is 6.07 Å². The maximum atomic E-state index is 13.0. The molecule has 1 aliphatic heterocycles. The van der Waals surface area contributed by atoms with E-state index in [0.29, 0.717) is 22.9 Å². The minimum absolute atomic E-state index is 0.140. The molecule has 1 heterocycles. The molecule has 0 spiro atoms. The topological polar surface area (TPSA) is 126 Å². The SMILES string of the molecule is COc1ccc(N2C(=O)NCC(C(=O)Nc3cccc(NC(C)=O)c3)C2=O)cc1OC. The lowest BCUT2D eigenvalue weighted by Crippen LogP contribution is -2.58. The van der Waals surface area contributed by atoms with Gasteiger partial charge in [0, 0.05) is 30.9 Å². The molecule has 31 heavy (non-hydrogen) atoms. The zero-order valence-corrected chi connectivity index (χ0v) is 17.2. The Hall–Kier alpha value is -4.08. The monoisotopic (exact) mass is 426 g/mol. The Bertz CT molecular complexity index is 1040. The van der Waals surface area contributed by atoms with Gasteiger partial charge in [0.1, 0.15) is 5.92 Å². The Morgan fingerprint density at radius 2 is 1.68 bits per heavy atom. The summed E-state index contributed by atoms with van der Waals surface area (Å²) in [5.74, 6) is -1.89. The molecule has 162 valence electrons. The second-order valence-electron chi connectivity index (χ2n) is 6.70. The Kier molecular flexibility index (Phi) is 6.39. The predicted octanol–water partition coefficient (Wildman–Crippen LogP) is 1.97. The third-order valence-corrected chi connectivity index (χ3v) is 4.57. The van der Waals surface area contributed by atoms with Crippen molar-refractivity contribution >= 4 is 40.8 Å². The van der Waals surface area contributed by atoms with Crippen LogP contribution in [0.5, 0.6) is 11.5 Å². The summed E-state index contributed by atoms with van der Waals surface area (Å²) in [4.78, 5) is 50.3. The molecule has 3 N–H and O–H groups in total. The van der Waals surface area contributed by atoms with Crippen LogP contribution in [0.3, 0.4) is 0 Å². The van der Waals surface area contributed by atoms with Crippen LogP contribution in [-0.2, 0) is 14.4 Å². The molecule has 10 nitrogen and oxygen atoms in total. The predicted molar refractivity (Wildman–Crippen MR) is 113 cm³/mol. The highest BCUT2D eigenvalue weighted by Gasteiger charge is 2.39. The van der Waals surface area contributed by atoms with E-state index in [2.05, 4.69) is 16.0 Å². The molecule has 1 fully saturated rings. The Labute approximate surface area is 178 Å². The number of ether oxygens (including phenoxy) is 2. The minimum atomic E-state index is -1.14. The zero-order chi connectivity index (χ0) is 22.5. The zero-order valence-electron chi connectivity index (χ0n) is 17.2.